The SMILES string of the molecule is CS(=O)(=O)NCCNCCC(N)=NO. The summed E-state index contributed by atoms with van der Waals surface area (Å²) in [6.45, 7) is 1.38. The molecule has 0 bridgehead atoms. The van der Waals surface area contributed by atoms with Crippen LogP contribution in [-0.4, -0.2) is 45.4 Å². The number of sulfonamides is 1. The van der Waals surface area contributed by atoms with Crippen LogP contribution in [0.25, 0.3) is 0 Å². The highest BCUT2D eigenvalue weighted by molar-refractivity contribution is 7.88. The highest BCUT2D eigenvalue weighted by Crippen LogP contribution is 1.76. The van der Waals surface area contributed by atoms with Crippen LogP contribution in [0.3, 0.4) is 0 Å². The first-order chi connectivity index (χ1) is 6.45. The monoisotopic (exact) mass is 224 g/mol. The van der Waals surface area contributed by atoms with Gasteiger partial charge in [-0.3, -0.25) is 0 Å². The topological polar surface area (TPSA) is 117 Å². The molecule has 0 aromatic heterocycles. The predicted molar refractivity (Wildman–Crippen MR) is 53.7 cm³/mol. The van der Waals surface area contributed by atoms with Crippen molar-refractivity contribution in [2.45, 2.75) is 6.42 Å². The van der Waals surface area contributed by atoms with E-state index in [9.17, 15) is 8.42 Å². The molecule has 0 rings (SSSR count). The van der Waals surface area contributed by atoms with Gasteiger partial charge in [-0.1, -0.05) is 5.16 Å². The average molecular weight is 224 g/mol. The molecule has 0 spiro atoms. The van der Waals surface area contributed by atoms with E-state index in [4.69, 9.17) is 10.9 Å². The van der Waals surface area contributed by atoms with Crippen LogP contribution >= 0.6 is 0 Å². The first-order valence-corrected chi connectivity index (χ1v) is 5.96. The lowest BCUT2D eigenvalue weighted by Crippen LogP contribution is -2.32. The molecule has 0 saturated heterocycles. The molecule has 0 aliphatic carbocycles. The van der Waals surface area contributed by atoms with Gasteiger partial charge in [0, 0.05) is 26.1 Å². The number of nitrogens with one attached hydrogen (secondary N) is 2. The molecular formula is C6H16N4O3S. The van der Waals surface area contributed by atoms with E-state index in [1.165, 1.54) is 0 Å². The van der Waals surface area contributed by atoms with Crippen molar-refractivity contribution in [2.75, 3.05) is 25.9 Å². The maximum atomic E-state index is 10.6. The molecule has 5 N–H and O–H groups in total. The minimum absolute atomic E-state index is 0.147. The number of nitrogens with two attached hydrogens (primary N) is 1. The second-order valence-corrected chi connectivity index (χ2v) is 4.59. The normalized spacial score (nSPS) is 13.1. The van der Waals surface area contributed by atoms with E-state index < -0.39 is 10.0 Å². The number of hydrogen-bond acceptors (Lipinski definition) is 5. The molecule has 0 aliphatic rings. The van der Waals surface area contributed by atoms with E-state index in [0.29, 0.717) is 26.1 Å². The van der Waals surface area contributed by atoms with Gasteiger partial charge in [0.2, 0.25) is 10.0 Å². The van der Waals surface area contributed by atoms with Crippen molar-refractivity contribution in [3.05, 3.63) is 0 Å². The lowest BCUT2D eigenvalue weighted by molar-refractivity contribution is 0.316. The maximum Gasteiger partial charge on any atom is 0.208 e. The highest BCUT2D eigenvalue weighted by atomic mass is 32.2. The molecule has 8 heteroatoms. The Labute approximate surface area is 83.4 Å². The molecule has 7 nitrogen and oxygen atoms in total. The summed E-state index contributed by atoms with van der Waals surface area (Å²) in [7, 11) is -3.11. The van der Waals surface area contributed by atoms with Crippen LogP contribution in [0.2, 0.25) is 0 Å². The van der Waals surface area contributed by atoms with Crippen molar-refractivity contribution < 1.29 is 13.6 Å². The van der Waals surface area contributed by atoms with Crippen LogP contribution < -0.4 is 15.8 Å². The minimum Gasteiger partial charge on any atom is -0.409 e. The third-order valence-electron chi connectivity index (χ3n) is 1.35. The molecule has 0 amide bonds. The molecule has 14 heavy (non-hydrogen) atoms. The summed E-state index contributed by atoms with van der Waals surface area (Å²) < 4.78 is 23.5. The molecule has 0 aliphatic heterocycles. The summed E-state index contributed by atoms with van der Waals surface area (Å²) >= 11 is 0. The van der Waals surface area contributed by atoms with Gasteiger partial charge in [-0.2, -0.15) is 0 Å². The van der Waals surface area contributed by atoms with Crippen LogP contribution in [0.1, 0.15) is 6.42 Å². The van der Waals surface area contributed by atoms with E-state index in [1.807, 2.05) is 0 Å². The van der Waals surface area contributed by atoms with Gasteiger partial charge >= 0.3 is 0 Å². The van der Waals surface area contributed by atoms with Gasteiger partial charge in [0.25, 0.3) is 0 Å². The highest BCUT2D eigenvalue weighted by Gasteiger charge is 1.98. The lowest BCUT2D eigenvalue weighted by Gasteiger charge is -2.04. The number of rotatable bonds is 7. The van der Waals surface area contributed by atoms with E-state index >= 15 is 0 Å². The molecular weight excluding hydrogens is 208 g/mol. The van der Waals surface area contributed by atoms with E-state index in [1.54, 1.807) is 0 Å². The lowest BCUT2D eigenvalue weighted by atomic mass is 10.4. The van der Waals surface area contributed by atoms with E-state index in [0.717, 1.165) is 6.26 Å². The summed E-state index contributed by atoms with van der Waals surface area (Å²) in [5.74, 6) is 0.147. The van der Waals surface area contributed by atoms with Gasteiger partial charge in [-0.25, -0.2) is 13.1 Å². The minimum atomic E-state index is -3.11. The van der Waals surface area contributed by atoms with Gasteiger partial charge in [-0.05, 0) is 0 Å². The second-order valence-electron chi connectivity index (χ2n) is 2.76. The summed E-state index contributed by atoms with van der Waals surface area (Å²) in [5, 5.41) is 13.9. The molecule has 0 unspecified atom stereocenters. The standard InChI is InChI=1S/C6H16N4O3S/c1-14(12,13)9-5-4-8-3-2-6(7)10-11/h8-9,11H,2-5H2,1H3,(H2,7,10). The Balaban J connectivity index is 3.31. The van der Waals surface area contributed by atoms with Crippen molar-refractivity contribution >= 4 is 15.9 Å². The first-order valence-electron chi connectivity index (χ1n) is 4.07. The van der Waals surface area contributed by atoms with Crippen LogP contribution in [0.15, 0.2) is 5.16 Å². The van der Waals surface area contributed by atoms with Crippen LogP contribution in [0.4, 0.5) is 0 Å². The first kappa shape index (κ1) is 13.1. The zero-order chi connectivity index (χ0) is 11.0. The fraction of sp³-hybridized carbons (Fsp3) is 0.833. The Bertz CT molecular complexity index is 275. The Morgan fingerprint density at radius 1 is 1.43 bits per heavy atom. The number of nitrogens with zero attached hydrogens (tertiary/aromatic N) is 1. The van der Waals surface area contributed by atoms with E-state index in [2.05, 4.69) is 15.2 Å². The van der Waals surface area contributed by atoms with Crippen molar-refractivity contribution in [3.63, 3.8) is 0 Å². The fourth-order valence-corrected chi connectivity index (χ4v) is 1.19. The molecule has 0 aromatic rings. The molecule has 0 heterocycles. The molecule has 0 fully saturated rings. The van der Waals surface area contributed by atoms with Crippen LogP contribution in [0.5, 0.6) is 0 Å². The molecule has 84 valence electrons. The maximum absolute atomic E-state index is 10.6. The summed E-state index contributed by atoms with van der Waals surface area (Å²) in [4.78, 5) is 0. The molecule has 0 aromatic carbocycles. The van der Waals surface area contributed by atoms with E-state index in [-0.39, 0.29) is 5.84 Å². The van der Waals surface area contributed by atoms with Crippen molar-refractivity contribution in [3.8, 4) is 0 Å². The van der Waals surface area contributed by atoms with Gasteiger partial charge in [0.1, 0.15) is 5.84 Å². The summed E-state index contributed by atoms with van der Waals surface area (Å²) in [6.07, 6.45) is 1.53. The molecule has 0 radical (unpaired) electrons. The fourth-order valence-electron chi connectivity index (χ4n) is 0.716. The Hall–Kier alpha value is -0.860. The Morgan fingerprint density at radius 2 is 2.07 bits per heavy atom. The van der Waals surface area contributed by atoms with Gasteiger partial charge in [0.15, 0.2) is 0 Å². The number of oxime groups is 1. The zero-order valence-electron chi connectivity index (χ0n) is 8.02. The quantitative estimate of drug-likeness (QED) is 0.135. The average Bonchev–Trinajstić information content (AvgIpc) is 2.08. The third kappa shape index (κ3) is 9.23. The molecule has 0 atom stereocenters. The predicted octanol–water partition coefficient (Wildman–Crippen LogP) is -1.74. The van der Waals surface area contributed by atoms with Gasteiger partial charge in [-0.15, -0.1) is 0 Å². The smallest absolute Gasteiger partial charge is 0.208 e. The summed E-state index contributed by atoms with van der Waals surface area (Å²) in [5.41, 5.74) is 5.21. The second kappa shape index (κ2) is 6.57. The molecule has 0 saturated carbocycles. The largest absolute Gasteiger partial charge is 0.409 e. The van der Waals surface area contributed by atoms with Gasteiger partial charge in [0.05, 0.1) is 6.26 Å². The Morgan fingerprint density at radius 3 is 2.57 bits per heavy atom. The van der Waals surface area contributed by atoms with Crippen LogP contribution in [0, 0.1) is 0 Å². The number of hydrogen-bond donors (Lipinski definition) is 4. The Kier molecular flexibility index (Phi) is 6.17. The van der Waals surface area contributed by atoms with Crippen LogP contribution in [-0.2, 0) is 10.0 Å². The van der Waals surface area contributed by atoms with Crippen molar-refractivity contribution in [2.24, 2.45) is 10.9 Å². The number of amidine groups is 1. The van der Waals surface area contributed by atoms with Crippen molar-refractivity contribution in [1.82, 2.24) is 10.0 Å². The zero-order valence-corrected chi connectivity index (χ0v) is 8.84. The summed E-state index contributed by atoms with van der Waals surface area (Å²) in [6, 6.07) is 0. The van der Waals surface area contributed by atoms with Crippen molar-refractivity contribution in [1.29, 1.82) is 0 Å². The van der Waals surface area contributed by atoms with Gasteiger partial charge < -0.3 is 16.3 Å². The third-order valence-corrected chi connectivity index (χ3v) is 2.08.